The normalized spacial score (nSPS) is 12.0. The zero-order valence-corrected chi connectivity index (χ0v) is 8.96. The van der Waals surface area contributed by atoms with E-state index in [1.54, 1.807) is 7.05 Å². The van der Waals surface area contributed by atoms with E-state index in [-0.39, 0.29) is 6.42 Å². The Morgan fingerprint density at radius 1 is 1.31 bits per heavy atom. The predicted octanol–water partition coefficient (Wildman–Crippen LogP) is 1.13. The fourth-order valence-electron chi connectivity index (χ4n) is 1.27. The highest BCUT2D eigenvalue weighted by Gasteiger charge is 2.25. The van der Waals surface area contributed by atoms with Crippen molar-refractivity contribution in [2.45, 2.75) is 38.5 Å². The first kappa shape index (κ1) is 12.9. The SMILES string of the molecule is CNCc1nnnn1CCCCC(F)(F)F. The van der Waals surface area contributed by atoms with E-state index in [9.17, 15) is 13.2 Å². The molecule has 1 rings (SSSR count). The second kappa shape index (κ2) is 5.78. The largest absolute Gasteiger partial charge is 0.389 e. The molecule has 1 aromatic heterocycles. The summed E-state index contributed by atoms with van der Waals surface area (Å²) >= 11 is 0. The number of hydrogen-bond acceptors (Lipinski definition) is 4. The van der Waals surface area contributed by atoms with Gasteiger partial charge in [0.15, 0.2) is 5.82 Å². The van der Waals surface area contributed by atoms with Crippen molar-refractivity contribution in [3.05, 3.63) is 5.82 Å². The Balaban J connectivity index is 2.29. The Kier molecular flexibility index (Phi) is 4.66. The van der Waals surface area contributed by atoms with Gasteiger partial charge in [-0.25, -0.2) is 4.68 Å². The molecule has 1 heterocycles. The molecule has 16 heavy (non-hydrogen) atoms. The number of hydrogen-bond donors (Lipinski definition) is 1. The summed E-state index contributed by atoms with van der Waals surface area (Å²) in [4.78, 5) is 0. The van der Waals surface area contributed by atoms with Gasteiger partial charge >= 0.3 is 6.18 Å². The molecule has 0 aliphatic rings. The third kappa shape index (κ3) is 4.56. The topological polar surface area (TPSA) is 55.6 Å². The van der Waals surface area contributed by atoms with Crippen molar-refractivity contribution >= 4 is 0 Å². The van der Waals surface area contributed by atoms with Crippen LogP contribution >= 0.6 is 0 Å². The van der Waals surface area contributed by atoms with E-state index in [0.29, 0.717) is 25.3 Å². The van der Waals surface area contributed by atoms with E-state index in [4.69, 9.17) is 0 Å². The Bertz CT molecular complexity index is 309. The molecule has 0 atom stereocenters. The van der Waals surface area contributed by atoms with Gasteiger partial charge in [-0.15, -0.1) is 5.10 Å². The quantitative estimate of drug-likeness (QED) is 0.753. The van der Waals surface area contributed by atoms with Crippen LogP contribution in [0.5, 0.6) is 0 Å². The summed E-state index contributed by atoms with van der Waals surface area (Å²) in [5.41, 5.74) is 0. The van der Waals surface area contributed by atoms with Crippen LogP contribution in [-0.2, 0) is 13.1 Å². The average Bonchev–Trinajstić information content (AvgIpc) is 2.60. The second-order valence-electron chi connectivity index (χ2n) is 3.42. The van der Waals surface area contributed by atoms with E-state index in [2.05, 4.69) is 20.8 Å². The molecule has 0 bridgehead atoms. The maximum Gasteiger partial charge on any atom is 0.389 e. The molecule has 8 heteroatoms. The van der Waals surface area contributed by atoms with Gasteiger partial charge in [0.2, 0.25) is 0 Å². The van der Waals surface area contributed by atoms with Crippen molar-refractivity contribution in [1.82, 2.24) is 25.5 Å². The van der Waals surface area contributed by atoms with Crippen LogP contribution in [0.25, 0.3) is 0 Å². The van der Waals surface area contributed by atoms with Gasteiger partial charge < -0.3 is 5.32 Å². The Labute approximate surface area is 91.0 Å². The van der Waals surface area contributed by atoms with Crippen LogP contribution < -0.4 is 5.32 Å². The highest BCUT2D eigenvalue weighted by atomic mass is 19.4. The lowest BCUT2D eigenvalue weighted by Gasteiger charge is -2.06. The Morgan fingerprint density at radius 3 is 2.69 bits per heavy atom. The van der Waals surface area contributed by atoms with Gasteiger partial charge in [-0.3, -0.25) is 0 Å². The van der Waals surface area contributed by atoms with E-state index < -0.39 is 12.6 Å². The Morgan fingerprint density at radius 2 is 2.06 bits per heavy atom. The van der Waals surface area contributed by atoms with Crippen LogP contribution in [0.15, 0.2) is 0 Å². The zero-order chi connectivity index (χ0) is 12.0. The van der Waals surface area contributed by atoms with Gasteiger partial charge in [0.25, 0.3) is 0 Å². The smallest absolute Gasteiger partial charge is 0.313 e. The molecule has 0 amide bonds. The third-order valence-corrected chi connectivity index (χ3v) is 2.02. The number of tetrazole rings is 1. The minimum atomic E-state index is -4.07. The number of halogens is 3. The molecule has 0 aromatic carbocycles. The summed E-state index contributed by atoms with van der Waals surface area (Å²) in [6, 6.07) is 0. The van der Waals surface area contributed by atoms with E-state index in [1.807, 2.05) is 0 Å². The number of unbranched alkanes of at least 4 members (excludes halogenated alkanes) is 1. The monoisotopic (exact) mass is 237 g/mol. The molecule has 1 aromatic rings. The summed E-state index contributed by atoms with van der Waals surface area (Å²) in [5, 5.41) is 13.8. The van der Waals surface area contributed by atoms with Crippen LogP contribution in [0.1, 0.15) is 25.1 Å². The first-order chi connectivity index (χ1) is 7.53. The second-order valence-corrected chi connectivity index (χ2v) is 3.42. The lowest BCUT2D eigenvalue weighted by molar-refractivity contribution is -0.135. The average molecular weight is 237 g/mol. The molecule has 0 aliphatic heterocycles. The summed E-state index contributed by atoms with van der Waals surface area (Å²) in [5.74, 6) is 0.634. The molecule has 0 saturated carbocycles. The highest BCUT2D eigenvalue weighted by molar-refractivity contribution is 4.78. The van der Waals surface area contributed by atoms with Crippen molar-refractivity contribution in [3.8, 4) is 0 Å². The molecule has 0 unspecified atom stereocenters. The maximum atomic E-state index is 11.9. The lowest BCUT2D eigenvalue weighted by Crippen LogP contribution is -2.14. The molecule has 5 nitrogen and oxygen atoms in total. The summed E-state index contributed by atoms with van der Waals surface area (Å²) in [6.45, 7) is 0.923. The van der Waals surface area contributed by atoms with Gasteiger partial charge in [-0.1, -0.05) is 0 Å². The minimum absolute atomic E-state index is 0.0996. The number of alkyl halides is 3. The number of aryl methyl sites for hydroxylation is 1. The van der Waals surface area contributed by atoms with E-state index in [0.717, 1.165) is 0 Å². The van der Waals surface area contributed by atoms with Crippen molar-refractivity contribution in [2.24, 2.45) is 0 Å². The summed E-state index contributed by atoms with van der Waals surface area (Å²) in [7, 11) is 1.75. The van der Waals surface area contributed by atoms with Gasteiger partial charge in [0.1, 0.15) is 0 Å². The van der Waals surface area contributed by atoms with Gasteiger partial charge in [0.05, 0.1) is 6.54 Å². The van der Waals surface area contributed by atoms with Crippen LogP contribution in [0.2, 0.25) is 0 Å². The number of nitrogens with one attached hydrogen (secondary N) is 1. The standard InChI is InChI=1S/C8H14F3N5/c1-12-6-7-13-14-15-16(7)5-3-2-4-8(9,10)11/h12H,2-6H2,1H3. The molecular weight excluding hydrogens is 223 g/mol. The first-order valence-electron chi connectivity index (χ1n) is 4.99. The molecule has 0 aliphatic carbocycles. The van der Waals surface area contributed by atoms with Crippen LogP contribution in [-0.4, -0.2) is 33.4 Å². The fourth-order valence-corrected chi connectivity index (χ4v) is 1.27. The van der Waals surface area contributed by atoms with Gasteiger partial charge in [-0.05, 0) is 30.3 Å². The highest BCUT2D eigenvalue weighted by Crippen LogP contribution is 2.22. The minimum Gasteiger partial charge on any atom is -0.313 e. The van der Waals surface area contributed by atoms with Crippen LogP contribution in [0, 0.1) is 0 Å². The number of nitrogens with zero attached hydrogens (tertiary/aromatic N) is 4. The number of rotatable bonds is 6. The molecule has 1 N–H and O–H groups in total. The summed E-state index contributed by atoms with van der Waals surface area (Å²) < 4.78 is 37.1. The van der Waals surface area contributed by atoms with Crippen molar-refractivity contribution in [1.29, 1.82) is 0 Å². The van der Waals surface area contributed by atoms with Gasteiger partial charge in [0, 0.05) is 13.0 Å². The zero-order valence-electron chi connectivity index (χ0n) is 8.96. The molecule has 92 valence electrons. The predicted molar refractivity (Wildman–Crippen MR) is 50.5 cm³/mol. The van der Waals surface area contributed by atoms with Crippen molar-refractivity contribution in [3.63, 3.8) is 0 Å². The van der Waals surface area contributed by atoms with Crippen LogP contribution in [0.4, 0.5) is 13.2 Å². The third-order valence-electron chi connectivity index (χ3n) is 2.02. The Hall–Kier alpha value is -1.18. The molecular formula is C8H14F3N5. The van der Waals surface area contributed by atoms with E-state index in [1.165, 1.54) is 4.68 Å². The van der Waals surface area contributed by atoms with Crippen LogP contribution in [0.3, 0.4) is 0 Å². The van der Waals surface area contributed by atoms with Crippen molar-refractivity contribution in [2.75, 3.05) is 7.05 Å². The molecule has 0 fully saturated rings. The molecule has 0 radical (unpaired) electrons. The van der Waals surface area contributed by atoms with E-state index >= 15 is 0 Å². The van der Waals surface area contributed by atoms with Crippen molar-refractivity contribution < 1.29 is 13.2 Å². The summed E-state index contributed by atoms with van der Waals surface area (Å²) in [6.07, 6.45) is -4.31. The fraction of sp³-hybridized carbons (Fsp3) is 0.875. The maximum absolute atomic E-state index is 11.9. The molecule has 0 saturated heterocycles. The molecule has 0 spiro atoms. The first-order valence-corrected chi connectivity index (χ1v) is 4.99. The number of aromatic nitrogens is 4. The van der Waals surface area contributed by atoms with Gasteiger partial charge in [-0.2, -0.15) is 13.2 Å². The lowest BCUT2D eigenvalue weighted by atomic mass is 10.2.